The third kappa shape index (κ3) is 2.57. The van der Waals surface area contributed by atoms with Crippen molar-refractivity contribution < 1.29 is 9.88 Å². The van der Waals surface area contributed by atoms with Crippen molar-refractivity contribution in [3.05, 3.63) is 27.8 Å². The molecule has 0 saturated carbocycles. The van der Waals surface area contributed by atoms with Crippen LogP contribution < -0.4 is 10.8 Å². The molecule has 4 heteroatoms. The summed E-state index contributed by atoms with van der Waals surface area (Å²) in [6, 6.07) is 7.50. The van der Waals surface area contributed by atoms with Gasteiger partial charge in [-0.15, -0.1) is 0 Å². The second-order valence-corrected chi connectivity index (χ2v) is 3.78. The number of hydrogen-bond donors (Lipinski definition) is 1. The molecular weight excluding hydrogens is 257 g/mol. The van der Waals surface area contributed by atoms with Gasteiger partial charge in [-0.1, -0.05) is 30.2 Å². The standard InChI is InChI=1S/C7H8INO2/c1-8-6-2-4-7(5-3-6)10-11-9/h2-5H,1,9H2. The van der Waals surface area contributed by atoms with Gasteiger partial charge in [-0.2, -0.15) is 5.90 Å². The molecule has 0 aliphatic heterocycles. The highest BCUT2D eigenvalue weighted by Crippen LogP contribution is 2.15. The molecule has 11 heavy (non-hydrogen) atoms. The summed E-state index contributed by atoms with van der Waals surface area (Å²) in [5.74, 6) is 5.31. The summed E-state index contributed by atoms with van der Waals surface area (Å²) in [6.45, 7) is 0. The fourth-order valence-corrected chi connectivity index (χ4v) is 1.50. The molecule has 0 aliphatic rings. The Kier molecular flexibility index (Phi) is 3.47. The number of rotatable bonds is 3. The molecule has 0 saturated heterocycles. The average Bonchev–Trinajstić information content (AvgIpc) is 2.07. The highest BCUT2D eigenvalue weighted by Gasteiger charge is 1.91. The van der Waals surface area contributed by atoms with Gasteiger partial charge in [0.2, 0.25) is 0 Å². The summed E-state index contributed by atoms with van der Waals surface area (Å²) in [4.78, 5) is 8.57. The zero-order chi connectivity index (χ0) is 8.10. The predicted molar refractivity (Wildman–Crippen MR) is 52.2 cm³/mol. The molecule has 3 nitrogen and oxygen atoms in total. The van der Waals surface area contributed by atoms with E-state index in [2.05, 4.69) is 14.4 Å². The molecule has 60 valence electrons. The van der Waals surface area contributed by atoms with E-state index in [0.29, 0.717) is 5.75 Å². The lowest BCUT2D eigenvalue weighted by Gasteiger charge is -1.98. The van der Waals surface area contributed by atoms with Crippen LogP contribution in [0.2, 0.25) is 0 Å². The van der Waals surface area contributed by atoms with E-state index in [1.54, 1.807) is 12.1 Å². The van der Waals surface area contributed by atoms with Crippen molar-refractivity contribution in [1.29, 1.82) is 0 Å². The minimum absolute atomic E-state index is 0.0908. The van der Waals surface area contributed by atoms with Crippen LogP contribution in [0.5, 0.6) is 5.75 Å². The van der Waals surface area contributed by atoms with Crippen LogP contribution in [-0.2, 0) is 4.99 Å². The van der Waals surface area contributed by atoms with Gasteiger partial charge < -0.3 is 4.89 Å². The van der Waals surface area contributed by atoms with Crippen LogP contribution >= 0.6 is 20.7 Å². The number of benzene rings is 1. The monoisotopic (exact) mass is 265 g/mol. The Hall–Kier alpha value is -0.460. The van der Waals surface area contributed by atoms with E-state index in [1.165, 1.54) is 3.57 Å². The lowest BCUT2D eigenvalue weighted by atomic mass is 10.3. The van der Waals surface area contributed by atoms with Gasteiger partial charge in [0, 0.05) is 3.57 Å². The van der Waals surface area contributed by atoms with Gasteiger partial charge in [0.15, 0.2) is 5.75 Å². The smallest absolute Gasteiger partial charge is 0.167 e. The number of nitrogens with two attached hydrogens (primary N) is 1. The summed E-state index contributed by atoms with van der Waals surface area (Å²) in [7, 11) is 0. The van der Waals surface area contributed by atoms with E-state index in [-0.39, 0.29) is 20.7 Å². The molecule has 0 heterocycles. The van der Waals surface area contributed by atoms with Crippen LogP contribution in [0.25, 0.3) is 0 Å². The molecule has 0 atom stereocenters. The van der Waals surface area contributed by atoms with Crippen LogP contribution in [-0.4, -0.2) is 4.51 Å². The Morgan fingerprint density at radius 3 is 2.36 bits per heavy atom. The maximum Gasteiger partial charge on any atom is 0.167 e. The second kappa shape index (κ2) is 4.42. The van der Waals surface area contributed by atoms with Gasteiger partial charge >= 0.3 is 0 Å². The Balaban J connectivity index is 2.74. The predicted octanol–water partition coefficient (Wildman–Crippen LogP) is 1.44. The highest BCUT2D eigenvalue weighted by molar-refractivity contribution is 14.2. The van der Waals surface area contributed by atoms with Gasteiger partial charge in [0.25, 0.3) is 0 Å². The topological polar surface area (TPSA) is 44.5 Å². The van der Waals surface area contributed by atoms with Gasteiger partial charge in [-0.05, 0) is 24.3 Å². The molecule has 2 N–H and O–H groups in total. The molecule has 0 aliphatic carbocycles. The van der Waals surface area contributed by atoms with Crippen LogP contribution in [0.15, 0.2) is 24.3 Å². The van der Waals surface area contributed by atoms with Crippen molar-refractivity contribution in [2.75, 3.05) is 0 Å². The average molecular weight is 265 g/mol. The summed E-state index contributed by atoms with van der Waals surface area (Å²) in [5, 5.41) is 0. The molecule has 1 aromatic rings. The van der Waals surface area contributed by atoms with E-state index in [9.17, 15) is 0 Å². The number of hydrogen-bond acceptors (Lipinski definition) is 3. The van der Waals surface area contributed by atoms with Crippen molar-refractivity contribution in [3.63, 3.8) is 0 Å². The summed E-state index contributed by atoms with van der Waals surface area (Å²) in [5.41, 5.74) is 0. The largest absolute Gasteiger partial charge is 0.320 e. The number of halogens is 1. The molecule has 1 aromatic carbocycles. The maximum atomic E-state index is 4.70. The van der Waals surface area contributed by atoms with Crippen molar-refractivity contribution in [1.82, 2.24) is 0 Å². The van der Waals surface area contributed by atoms with Crippen LogP contribution in [0, 0.1) is 3.57 Å². The first-order chi connectivity index (χ1) is 5.36. The van der Waals surface area contributed by atoms with Crippen molar-refractivity contribution in [2.45, 2.75) is 0 Å². The van der Waals surface area contributed by atoms with Crippen LogP contribution in [0.1, 0.15) is 0 Å². The summed E-state index contributed by atoms with van der Waals surface area (Å²) >= 11 is -0.0908. The van der Waals surface area contributed by atoms with E-state index in [0.717, 1.165) is 0 Å². The molecule has 0 spiro atoms. The maximum absolute atomic E-state index is 4.70. The summed E-state index contributed by atoms with van der Waals surface area (Å²) < 4.78 is 5.10. The van der Waals surface area contributed by atoms with Gasteiger partial charge in [0.05, 0.1) is 0 Å². The quantitative estimate of drug-likeness (QED) is 0.511. The molecule has 0 unspecified atom stereocenters. The Morgan fingerprint density at radius 2 is 1.91 bits per heavy atom. The second-order valence-electron chi connectivity index (χ2n) is 1.77. The first kappa shape index (κ1) is 8.63. The molecule has 0 radical (unpaired) electrons. The van der Waals surface area contributed by atoms with Crippen molar-refractivity contribution in [2.24, 2.45) is 5.90 Å². The molecule has 0 bridgehead atoms. The normalized spacial score (nSPS) is 9.55. The summed E-state index contributed by atoms with van der Waals surface area (Å²) in [6.07, 6.45) is 0. The zero-order valence-electron chi connectivity index (χ0n) is 5.79. The molecule has 0 amide bonds. The Bertz CT molecular complexity index is 235. The third-order valence-electron chi connectivity index (χ3n) is 1.11. The Morgan fingerprint density at radius 1 is 1.27 bits per heavy atom. The zero-order valence-corrected chi connectivity index (χ0v) is 7.95. The first-order valence-electron chi connectivity index (χ1n) is 2.88. The van der Waals surface area contributed by atoms with Crippen molar-refractivity contribution >= 4 is 25.2 Å². The fraction of sp³-hybridized carbons (Fsp3) is 0. The van der Waals surface area contributed by atoms with Gasteiger partial charge in [-0.25, -0.2) is 0 Å². The van der Waals surface area contributed by atoms with Crippen LogP contribution in [0.3, 0.4) is 0 Å². The fourth-order valence-electron chi connectivity index (χ4n) is 0.635. The Labute approximate surface area is 74.7 Å². The van der Waals surface area contributed by atoms with E-state index >= 15 is 0 Å². The minimum Gasteiger partial charge on any atom is -0.320 e. The van der Waals surface area contributed by atoms with E-state index in [1.807, 2.05) is 12.1 Å². The van der Waals surface area contributed by atoms with Gasteiger partial charge in [0.1, 0.15) is 0 Å². The first-order valence-corrected chi connectivity index (χ1v) is 5.49. The van der Waals surface area contributed by atoms with E-state index in [4.69, 9.17) is 5.90 Å². The van der Waals surface area contributed by atoms with Crippen molar-refractivity contribution in [3.8, 4) is 5.75 Å². The van der Waals surface area contributed by atoms with Crippen LogP contribution in [0.4, 0.5) is 0 Å². The molecule has 0 fully saturated rings. The lowest BCUT2D eigenvalue weighted by Crippen LogP contribution is -2.02. The molecule has 0 aromatic heterocycles. The molecular formula is C7H8INO2. The third-order valence-corrected chi connectivity index (χ3v) is 2.71. The molecule has 1 rings (SSSR count). The van der Waals surface area contributed by atoms with Gasteiger partial charge in [-0.3, -0.25) is 0 Å². The highest BCUT2D eigenvalue weighted by atomic mass is 127. The minimum atomic E-state index is -0.0908. The lowest BCUT2D eigenvalue weighted by molar-refractivity contribution is -0.211. The SMILES string of the molecule is C=Ic1ccc(OON)cc1. The van der Waals surface area contributed by atoms with E-state index < -0.39 is 0 Å².